The molecule has 1 aromatic heterocycles. The van der Waals surface area contributed by atoms with Crippen LogP contribution in [0.5, 0.6) is 0 Å². The third-order valence-electron chi connectivity index (χ3n) is 1.79. The van der Waals surface area contributed by atoms with E-state index in [9.17, 15) is 4.79 Å². The molecule has 0 bridgehead atoms. The second-order valence-electron chi connectivity index (χ2n) is 2.77. The number of nitrogens with zero attached hydrogens (tertiary/aromatic N) is 3. The number of carbonyl (C=O) groups is 1. The molecule has 0 aliphatic carbocycles. The predicted octanol–water partition coefficient (Wildman–Crippen LogP) is -0.372. The zero-order valence-electron chi connectivity index (χ0n) is 7.97. The van der Waals surface area contributed by atoms with Crippen LogP contribution in [0.15, 0.2) is 5.16 Å². The number of aromatic nitrogens is 3. The van der Waals surface area contributed by atoms with Crippen molar-refractivity contribution in [2.75, 3.05) is 6.54 Å². The predicted molar refractivity (Wildman–Crippen MR) is 52.1 cm³/mol. The van der Waals surface area contributed by atoms with Crippen LogP contribution in [0, 0.1) is 6.92 Å². The molecule has 14 heavy (non-hydrogen) atoms. The molecule has 7 heteroatoms. The maximum absolute atomic E-state index is 10.7. The molecule has 0 spiro atoms. The van der Waals surface area contributed by atoms with Crippen molar-refractivity contribution in [1.29, 1.82) is 0 Å². The van der Waals surface area contributed by atoms with Gasteiger partial charge in [-0.2, -0.15) is 0 Å². The lowest BCUT2D eigenvalue weighted by molar-refractivity contribution is -0.136. The minimum absolute atomic E-state index is 0.0753. The Bertz CT molecular complexity index is 338. The van der Waals surface area contributed by atoms with Gasteiger partial charge in [0.1, 0.15) is 11.1 Å². The maximum Gasteiger partial charge on any atom is 0.318 e. The quantitative estimate of drug-likeness (QED) is 0.667. The van der Waals surface area contributed by atoms with E-state index in [1.807, 2.05) is 0 Å². The van der Waals surface area contributed by atoms with Gasteiger partial charge in [0, 0.05) is 13.6 Å². The van der Waals surface area contributed by atoms with Crippen molar-refractivity contribution in [2.45, 2.75) is 17.3 Å². The lowest BCUT2D eigenvalue weighted by Crippen LogP contribution is -2.26. The van der Waals surface area contributed by atoms with Gasteiger partial charge in [0.05, 0.1) is 0 Å². The van der Waals surface area contributed by atoms with E-state index in [0.29, 0.717) is 5.16 Å². The molecule has 1 heterocycles. The third kappa shape index (κ3) is 2.24. The van der Waals surface area contributed by atoms with Crippen molar-refractivity contribution in [3.8, 4) is 0 Å². The van der Waals surface area contributed by atoms with Gasteiger partial charge in [0.15, 0.2) is 5.16 Å². The molecule has 6 nitrogen and oxygen atoms in total. The summed E-state index contributed by atoms with van der Waals surface area (Å²) in [5.41, 5.74) is 5.32. The monoisotopic (exact) mass is 216 g/mol. The van der Waals surface area contributed by atoms with Gasteiger partial charge in [-0.3, -0.25) is 4.79 Å². The molecular weight excluding hydrogens is 204 g/mol. The van der Waals surface area contributed by atoms with Gasteiger partial charge >= 0.3 is 5.97 Å². The Hall–Kier alpha value is -1.08. The first-order valence-electron chi connectivity index (χ1n) is 4.01. The fourth-order valence-corrected chi connectivity index (χ4v) is 1.65. The maximum atomic E-state index is 10.7. The highest BCUT2D eigenvalue weighted by Crippen LogP contribution is 2.20. The Morgan fingerprint density at radius 2 is 2.36 bits per heavy atom. The molecule has 0 radical (unpaired) electrons. The normalized spacial score (nSPS) is 12.8. The van der Waals surface area contributed by atoms with E-state index in [1.54, 1.807) is 18.5 Å². The zero-order valence-corrected chi connectivity index (χ0v) is 8.78. The summed E-state index contributed by atoms with van der Waals surface area (Å²) in [5.74, 6) is -0.188. The average Bonchev–Trinajstić information content (AvgIpc) is 2.44. The molecule has 0 aliphatic rings. The smallest absolute Gasteiger partial charge is 0.318 e. The first-order chi connectivity index (χ1) is 6.56. The first-order valence-corrected chi connectivity index (χ1v) is 4.89. The lowest BCUT2D eigenvalue weighted by Gasteiger charge is -2.07. The summed E-state index contributed by atoms with van der Waals surface area (Å²) < 4.78 is 1.73. The van der Waals surface area contributed by atoms with E-state index in [1.165, 1.54) is 0 Å². The van der Waals surface area contributed by atoms with E-state index >= 15 is 0 Å². The van der Waals surface area contributed by atoms with Crippen molar-refractivity contribution in [3.05, 3.63) is 5.82 Å². The molecule has 1 unspecified atom stereocenters. The number of thioether (sulfide) groups is 1. The minimum atomic E-state index is -0.932. The molecule has 0 aromatic carbocycles. The summed E-state index contributed by atoms with van der Waals surface area (Å²) in [6.07, 6.45) is 0. The van der Waals surface area contributed by atoms with Crippen LogP contribution in [-0.2, 0) is 11.8 Å². The van der Waals surface area contributed by atoms with E-state index < -0.39 is 11.2 Å². The van der Waals surface area contributed by atoms with Crippen LogP contribution >= 0.6 is 11.8 Å². The van der Waals surface area contributed by atoms with E-state index in [0.717, 1.165) is 17.6 Å². The van der Waals surface area contributed by atoms with Gasteiger partial charge < -0.3 is 15.4 Å². The van der Waals surface area contributed by atoms with E-state index in [2.05, 4.69) is 10.2 Å². The number of aryl methyl sites for hydroxylation is 1. The van der Waals surface area contributed by atoms with E-state index in [-0.39, 0.29) is 6.54 Å². The van der Waals surface area contributed by atoms with Crippen LogP contribution in [0.1, 0.15) is 5.82 Å². The first kappa shape index (κ1) is 11.0. The summed E-state index contributed by atoms with van der Waals surface area (Å²) >= 11 is 1.11. The molecule has 0 amide bonds. The Morgan fingerprint density at radius 1 is 1.71 bits per heavy atom. The molecule has 1 rings (SSSR count). The van der Waals surface area contributed by atoms with Gasteiger partial charge in [-0.25, -0.2) is 0 Å². The van der Waals surface area contributed by atoms with Crippen LogP contribution < -0.4 is 5.73 Å². The van der Waals surface area contributed by atoms with Crippen molar-refractivity contribution >= 4 is 17.7 Å². The molecule has 0 fully saturated rings. The fourth-order valence-electron chi connectivity index (χ4n) is 0.817. The largest absolute Gasteiger partial charge is 0.480 e. The van der Waals surface area contributed by atoms with Gasteiger partial charge in [-0.1, -0.05) is 11.8 Å². The fraction of sp³-hybridized carbons (Fsp3) is 0.571. The topological polar surface area (TPSA) is 94.0 Å². The number of aliphatic carboxylic acids is 1. The molecule has 1 aromatic rings. The Morgan fingerprint density at radius 3 is 2.71 bits per heavy atom. The van der Waals surface area contributed by atoms with Crippen molar-refractivity contribution in [2.24, 2.45) is 12.8 Å². The number of hydrogen-bond acceptors (Lipinski definition) is 5. The average molecular weight is 216 g/mol. The van der Waals surface area contributed by atoms with Gasteiger partial charge in [0.25, 0.3) is 0 Å². The second kappa shape index (κ2) is 4.43. The third-order valence-corrected chi connectivity index (χ3v) is 3.03. The van der Waals surface area contributed by atoms with E-state index in [4.69, 9.17) is 10.8 Å². The standard InChI is InChI=1S/C7H12N4O2S/c1-4-9-10-7(11(4)2)14-5(3-8)6(12)13/h5H,3,8H2,1-2H3,(H,12,13). The Balaban J connectivity index is 2.77. The van der Waals surface area contributed by atoms with Crippen molar-refractivity contribution in [1.82, 2.24) is 14.8 Å². The lowest BCUT2D eigenvalue weighted by atomic mass is 10.4. The van der Waals surface area contributed by atoms with Crippen molar-refractivity contribution in [3.63, 3.8) is 0 Å². The van der Waals surface area contributed by atoms with Gasteiger partial charge in [-0.15, -0.1) is 10.2 Å². The SMILES string of the molecule is Cc1nnc(SC(CN)C(=O)O)n1C. The Kier molecular flexibility index (Phi) is 3.48. The van der Waals surface area contributed by atoms with Gasteiger partial charge in [-0.05, 0) is 6.92 Å². The molecular formula is C7H12N4O2S. The molecule has 0 saturated heterocycles. The number of nitrogens with two attached hydrogens (primary N) is 1. The Labute approximate surface area is 85.5 Å². The van der Waals surface area contributed by atoms with Gasteiger partial charge in [0.2, 0.25) is 0 Å². The number of rotatable bonds is 4. The number of hydrogen-bond donors (Lipinski definition) is 2. The minimum Gasteiger partial charge on any atom is -0.480 e. The van der Waals surface area contributed by atoms with Crippen LogP contribution in [-0.4, -0.2) is 37.6 Å². The number of carboxylic acids is 1. The molecule has 3 N–H and O–H groups in total. The highest BCUT2D eigenvalue weighted by atomic mass is 32.2. The molecule has 0 saturated carbocycles. The van der Waals surface area contributed by atoms with Crippen LogP contribution in [0.25, 0.3) is 0 Å². The van der Waals surface area contributed by atoms with Crippen LogP contribution in [0.3, 0.4) is 0 Å². The summed E-state index contributed by atoms with van der Waals surface area (Å²) in [7, 11) is 1.78. The highest BCUT2D eigenvalue weighted by molar-refractivity contribution is 8.00. The molecule has 78 valence electrons. The highest BCUT2D eigenvalue weighted by Gasteiger charge is 2.19. The summed E-state index contributed by atoms with van der Waals surface area (Å²) in [6.45, 7) is 1.88. The van der Waals surface area contributed by atoms with Crippen LogP contribution in [0.4, 0.5) is 0 Å². The molecule has 0 aliphatic heterocycles. The summed E-state index contributed by atoms with van der Waals surface area (Å²) in [6, 6.07) is 0. The van der Waals surface area contributed by atoms with Crippen molar-refractivity contribution < 1.29 is 9.90 Å². The number of carboxylic acid groups (broad SMARTS) is 1. The zero-order chi connectivity index (χ0) is 10.7. The second-order valence-corrected chi connectivity index (χ2v) is 3.94. The summed E-state index contributed by atoms with van der Waals surface area (Å²) in [4.78, 5) is 10.7. The summed E-state index contributed by atoms with van der Waals surface area (Å²) in [5, 5.41) is 16.3. The molecule has 1 atom stereocenters. The van der Waals surface area contributed by atoms with Crippen LogP contribution in [0.2, 0.25) is 0 Å².